The Labute approximate surface area is 143 Å². The molecule has 24 heavy (non-hydrogen) atoms. The number of nitrogens with zero attached hydrogens (tertiary/aromatic N) is 2. The Kier molecular flexibility index (Phi) is 5.15. The molecular formula is C18H20N2O3S. The summed E-state index contributed by atoms with van der Waals surface area (Å²) >= 11 is 0. The van der Waals surface area contributed by atoms with E-state index in [4.69, 9.17) is 9.47 Å². The molecule has 0 aliphatic heterocycles. The highest BCUT2D eigenvalue weighted by molar-refractivity contribution is 7.84. The van der Waals surface area contributed by atoms with E-state index in [0.29, 0.717) is 18.1 Å². The van der Waals surface area contributed by atoms with Crippen LogP contribution in [0.5, 0.6) is 11.5 Å². The fraction of sp³-hybridized carbons (Fsp3) is 0.278. The van der Waals surface area contributed by atoms with Gasteiger partial charge in [0, 0.05) is 23.2 Å². The number of aryl methyl sites for hydroxylation is 1. The van der Waals surface area contributed by atoms with Crippen LogP contribution in [0.15, 0.2) is 48.8 Å². The SMILES string of the molecule is COc1ccc(OCC[S@](=O)Cc2cn3cccc(C)c3n2)cc1. The van der Waals surface area contributed by atoms with Crippen LogP contribution in [0.3, 0.4) is 0 Å². The number of fused-ring (bicyclic) bond motifs is 1. The van der Waals surface area contributed by atoms with Gasteiger partial charge in [-0.3, -0.25) is 4.21 Å². The molecule has 6 heteroatoms. The van der Waals surface area contributed by atoms with Crippen LogP contribution in [0.1, 0.15) is 11.3 Å². The van der Waals surface area contributed by atoms with Gasteiger partial charge in [-0.1, -0.05) is 6.07 Å². The fourth-order valence-electron chi connectivity index (χ4n) is 2.44. The number of benzene rings is 1. The lowest BCUT2D eigenvalue weighted by atomic mass is 10.3. The van der Waals surface area contributed by atoms with Crippen molar-refractivity contribution in [2.45, 2.75) is 12.7 Å². The second-order valence-corrected chi connectivity index (χ2v) is 7.04. The lowest BCUT2D eigenvalue weighted by Gasteiger charge is -2.06. The van der Waals surface area contributed by atoms with Crippen LogP contribution < -0.4 is 9.47 Å². The first kappa shape index (κ1) is 16.5. The van der Waals surface area contributed by atoms with Crippen LogP contribution in [-0.2, 0) is 16.6 Å². The third-order valence-corrected chi connectivity index (χ3v) is 4.92. The maximum absolute atomic E-state index is 12.2. The first-order chi connectivity index (χ1) is 11.7. The Bertz CT molecular complexity index is 843. The summed E-state index contributed by atoms with van der Waals surface area (Å²) < 4.78 is 24.9. The van der Waals surface area contributed by atoms with Gasteiger partial charge in [-0.25, -0.2) is 4.98 Å². The molecule has 0 saturated carbocycles. The molecule has 0 fully saturated rings. The Hall–Kier alpha value is -2.34. The van der Waals surface area contributed by atoms with E-state index in [1.54, 1.807) is 7.11 Å². The highest BCUT2D eigenvalue weighted by atomic mass is 32.2. The summed E-state index contributed by atoms with van der Waals surface area (Å²) in [6.45, 7) is 2.43. The van der Waals surface area contributed by atoms with Gasteiger partial charge in [0.05, 0.1) is 30.9 Å². The zero-order valence-corrected chi connectivity index (χ0v) is 14.6. The normalized spacial score (nSPS) is 12.2. The van der Waals surface area contributed by atoms with E-state index in [1.807, 2.05) is 60.1 Å². The van der Waals surface area contributed by atoms with Gasteiger partial charge in [0.1, 0.15) is 17.1 Å². The molecule has 0 spiro atoms. The number of hydrogen-bond donors (Lipinski definition) is 0. The quantitative estimate of drug-likeness (QED) is 0.661. The molecule has 2 aromatic heterocycles. The van der Waals surface area contributed by atoms with Crippen LogP contribution in [0.25, 0.3) is 5.65 Å². The Balaban J connectivity index is 1.52. The molecule has 0 aliphatic rings. The third-order valence-electron chi connectivity index (χ3n) is 3.68. The highest BCUT2D eigenvalue weighted by Gasteiger charge is 2.08. The minimum Gasteiger partial charge on any atom is -0.497 e. The maximum Gasteiger partial charge on any atom is 0.139 e. The number of hydrogen-bond acceptors (Lipinski definition) is 4. The van der Waals surface area contributed by atoms with Crippen molar-refractivity contribution in [2.75, 3.05) is 19.5 Å². The number of methoxy groups -OCH3 is 1. The van der Waals surface area contributed by atoms with Crippen molar-refractivity contribution >= 4 is 16.4 Å². The summed E-state index contributed by atoms with van der Waals surface area (Å²) in [5.41, 5.74) is 2.86. The predicted octanol–water partition coefficient (Wildman–Crippen LogP) is 2.98. The van der Waals surface area contributed by atoms with Gasteiger partial charge in [0.25, 0.3) is 0 Å². The predicted molar refractivity (Wildman–Crippen MR) is 95.1 cm³/mol. The fourth-order valence-corrected chi connectivity index (χ4v) is 3.32. The average Bonchev–Trinajstić information content (AvgIpc) is 2.99. The van der Waals surface area contributed by atoms with E-state index < -0.39 is 10.8 Å². The Morgan fingerprint density at radius 2 is 1.92 bits per heavy atom. The van der Waals surface area contributed by atoms with Crippen LogP contribution in [0, 0.1) is 6.92 Å². The van der Waals surface area contributed by atoms with Gasteiger partial charge in [-0.15, -0.1) is 0 Å². The zero-order valence-electron chi connectivity index (χ0n) is 13.8. The topological polar surface area (TPSA) is 52.8 Å². The van der Waals surface area contributed by atoms with Crippen LogP contribution in [0.4, 0.5) is 0 Å². The van der Waals surface area contributed by atoms with Gasteiger partial charge in [0.15, 0.2) is 0 Å². The first-order valence-electron chi connectivity index (χ1n) is 7.71. The number of imidazole rings is 1. The number of aromatic nitrogens is 2. The van der Waals surface area contributed by atoms with Crippen molar-refractivity contribution in [3.8, 4) is 11.5 Å². The summed E-state index contributed by atoms with van der Waals surface area (Å²) in [6, 6.07) is 11.4. The van der Waals surface area contributed by atoms with Crippen molar-refractivity contribution < 1.29 is 13.7 Å². The molecule has 0 bridgehead atoms. The molecule has 3 rings (SSSR count). The molecule has 0 aliphatic carbocycles. The van der Waals surface area contributed by atoms with E-state index in [-0.39, 0.29) is 0 Å². The second kappa shape index (κ2) is 7.49. The molecule has 2 heterocycles. The molecule has 0 N–H and O–H groups in total. The van der Waals surface area contributed by atoms with Gasteiger partial charge < -0.3 is 13.9 Å². The molecule has 0 unspecified atom stereocenters. The lowest BCUT2D eigenvalue weighted by Crippen LogP contribution is -2.10. The van der Waals surface area contributed by atoms with Crippen molar-refractivity contribution in [1.82, 2.24) is 9.38 Å². The molecule has 1 aromatic carbocycles. The monoisotopic (exact) mass is 344 g/mol. The molecule has 5 nitrogen and oxygen atoms in total. The summed E-state index contributed by atoms with van der Waals surface area (Å²) in [6.07, 6.45) is 3.89. The minimum atomic E-state index is -1.01. The van der Waals surface area contributed by atoms with E-state index in [0.717, 1.165) is 28.4 Å². The van der Waals surface area contributed by atoms with E-state index >= 15 is 0 Å². The van der Waals surface area contributed by atoms with E-state index in [2.05, 4.69) is 4.98 Å². The molecule has 126 valence electrons. The number of rotatable bonds is 7. The molecular weight excluding hydrogens is 324 g/mol. The van der Waals surface area contributed by atoms with Crippen molar-refractivity contribution in [3.05, 3.63) is 60.0 Å². The van der Waals surface area contributed by atoms with E-state index in [9.17, 15) is 4.21 Å². The molecule has 3 aromatic rings. The minimum absolute atomic E-state index is 0.408. The van der Waals surface area contributed by atoms with Crippen molar-refractivity contribution in [3.63, 3.8) is 0 Å². The molecule has 0 amide bonds. The summed E-state index contributed by atoms with van der Waals surface area (Å²) in [4.78, 5) is 4.55. The van der Waals surface area contributed by atoms with E-state index in [1.165, 1.54) is 0 Å². The molecule has 0 saturated heterocycles. The smallest absolute Gasteiger partial charge is 0.139 e. The van der Waals surface area contributed by atoms with Crippen LogP contribution in [0.2, 0.25) is 0 Å². The third kappa shape index (κ3) is 3.94. The zero-order chi connectivity index (χ0) is 16.9. The second-order valence-electron chi connectivity index (χ2n) is 5.47. The van der Waals surface area contributed by atoms with Crippen molar-refractivity contribution in [2.24, 2.45) is 0 Å². The van der Waals surface area contributed by atoms with Gasteiger partial charge >= 0.3 is 0 Å². The Morgan fingerprint density at radius 1 is 1.17 bits per heavy atom. The van der Waals surface area contributed by atoms with Crippen molar-refractivity contribution in [1.29, 1.82) is 0 Å². The summed E-state index contributed by atoms with van der Waals surface area (Å²) in [5, 5.41) is 0. The first-order valence-corrected chi connectivity index (χ1v) is 9.19. The van der Waals surface area contributed by atoms with Crippen LogP contribution >= 0.6 is 0 Å². The summed E-state index contributed by atoms with van der Waals surface area (Å²) in [7, 11) is 0.615. The van der Waals surface area contributed by atoms with Gasteiger partial charge in [0.2, 0.25) is 0 Å². The lowest BCUT2D eigenvalue weighted by molar-refractivity contribution is 0.341. The van der Waals surface area contributed by atoms with Crippen LogP contribution in [-0.4, -0.2) is 33.1 Å². The summed E-state index contributed by atoms with van der Waals surface area (Å²) in [5.74, 6) is 2.44. The van der Waals surface area contributed by atoms with Gasteiger partial charge in [-0.2, -0.15) is 0 Å². The maximum atomic E-state index is 12.2. The van der Waals surface area contributed by atoms with Gasteiger partial charge in [-0.05, 0) is 42.8 Å². The molecule has 1 atom stereocenters. The Morgan fingerprint density at radius 3 is 2.62 bits per heavy atom. The molecule has 0 radical (unpaired) electrons. The average molecular weight is 344 g/mol. The standard InChI is InChI=1S/C18H20N2O3S/c1-14-4-3-9-20-12-15(19-18(14)20)13-24(21)11-10-23-17-7-5-16(22-2)6-8-17/h3-9,12H,10-11,13H2,1-2H3/t24-/m0/s1. The highest BCUT2D eigenvalue weighted by Crippen LogP contribution is 2.17. The number of ether oxygens (including phenoxy) is 2. The largest absolute Gasteiger partial charge is 0.497 e. The number of pyridine rings is 1.